The first-order valence-corrected chi connectivity index (χ1v) is 8.82. The predicted octanol–water partition coefficient (Wildman–Crippen LogP) is 3.04. The first-order chi connectivity index (χ1) is 12.8. The minimum atomic E-state index is -0.595. The van der Waals surface area contributed by atoms with Crippen LogP contribution >= 0.6 is 0 Å². The largest absolute Gasteiger partial charge is 0.451 e. The Kier molecular flexibility index (Phi) is 5.34. The van der Waals surface area contributed by atoms with Gasteiger partial charge in [-0.2, -0.15) is 15.1 Å². The number of esters is 1. The fourth-order valence-corrected chi connectivity index (χ4v) is 2.61. The van der Waals surface area contributed by atoms with E-state index in [1.54, 1.807) is 0 Å². The van der Waals surface area contributed by atoms with Crippen molar-refractivity contribution >= 4 is 23.3 Å². The zero-order chi connectivity index (χ0) is 19.6. The molecule has 0 saturated heterocycles. The smallest absolute Gasteiger partial charge is 0.355 e. The molecule has 0 aliphatic carbocycles. The highest BCUT2D eigenvalue weighted by Gasteiger charge is 2.27. The van der Waals surface area contributed by atoms with Crippen molar-refractivity contribution in [3.05, 3.63) is 41.0 Å². The summed E-state index contributed by atoms with van der Waals surface area (Å²) in [6.07, 6.45) is 0.430. The van der Waals surface area contributed by atoms with Gasteiger partial charge in [0.15, 0.2) is 12.4 Å². The van der Waals surface area contributed by atoms with E-state index in [1.165, 1.54) is 5.01 Å². The molecule has 8 nitrogen and oxygen atoms in total. The molecule has 0 spiro atoms. The van der Waals surface area contributed by atoms with Crippen molar-refractivity contribution in [3.8, 4) is 0 Å². The molecule has 3 rings (SSSR count). The number of aromatic nitrogens is 2. The van der Waals surface area contributed by atoms with E-state index in [9.17, 15) is 9.59 Å². The molecule has 1 amide bonds. The molecule has 0 N–H and O–H groups in total. The van der Waals surface area contributed by atoms with E-state index in [4.69, 9.17) is 9.26 Å². The molecule has 0 unspecified atom stereocenters. The Hall–Kier alpha value is -3.03. The van der Waals surface area contributed by atoms with Crippen molar-refractivity contribution in [2.75, 3.05) is 5.01 Å². The van der Waals surface area contributed by atoms with Gasteiger partial charge in [0.25, 0.3) is 5.89 Å². The van der Waals surface area contributed by atoms with E-state index in [0.29, 0.717) is 11.5 Å². The van der Waals surface area contributed by atoms with Gasteiger partial charge in [-0.1, -0.05) is 31.1 Å². The van der Waals surface area contributed by atoms with Gasteiger partial charge in [-0.25, -0.2) is 4.79 Å². The van der Waals surface area contributed by atoms with Crippen molar-refractivity contribution in [2.45, 2.75) is 53.1 Å². The van der Waals surface area contributed by atoms with Crippen LogP contribution in [0.3, 0.4) is 0 Å². The van der Waals surface area contributed by atoms with Crippen LogP contribution < -0.4 is 5.01 Å². The van der Waals surface area contributed by atoms with Crippen LogP contribution in [-0.4, -0.2) is 27.7 Å². The Morgan fingerprint density at radius 2 is 2.07 bits per heavy atom. The van der Waals surface area contributed by atoms with Crippen LogP contribution in [0.2, 0.25) is 0 Å². The fourth-order valence-electron chi connectivity index (χ4n) is 2.61. The molecule has 0 saturated carbocycles. The normalized spacial score (nSPS) is 14.5. The van der Waals surface area contributed by atoms with E-state index < -0.39 is 5.97 Å². The number of nitrogens with zero attached hydrogens (tertiary/aromatic N) is 4. The van der Waals surface area contributed by atoms with Gasteiger partial charge >= 0.3 is 5.97 Å². The van der Waals surface area contributed by atoms with E-state index in [1.807, 2.05) is 45.9 Å². The van der Waals surface area contributed by atoms with Crippen LogP contribution in [0, 0.1) is 13.8 Å². The molecule has 0 atom stereocenters. The second-order valence-corrected chi connectivity index (χ2v) is 6.82. The highest BCUT2D eigenvalue weighted by atomic mass is 16.6. The Labute approximate surface area is 157 Å². The van der Waals surface area contributed by atoms with Gasteiger partial charge in [0.1, 0.15) is 5.71 Å². The predicted molar refractivity (Wildman–Crippen MR) is 98.3 cm³/mol. The lowest BCUT2D eigenvalue weighted by Gasteiger charge is -2.24. The number of ether oxygens (including phenoxy) is 1. The Balaban J connectivity index is 1.73. The number of aryl methyl sites for hydroxylation is 2. The molecular formula is C19H22N4O4. The first kappa shape index (κ1) is 18.8. The number of amides is 1. The van der Waals surface area contributed by atoms with Crippen molar-refractivity contribution in [1.82, 2.24) is 10.1 Å². The van der Waals surface area contributed by atoms with Gasteiger partial charge in [-0.05, 0) is 31.0 Å². The fraction of sp³-hybridized carbons (Fsp3) is 0.421. The van der Waals surface area contributed by atoms with Crippen LogP contribution in [0.4, 0.5) is 5.69 Å². The maximum absolute atomic E-state index is 12.4. The number of hydrogen-bond donors (Lipinski definition) is 0. The third-order valence-electron chi connectivity index (χ3n) is 4.19. The minimum absolute atomic E-state index is 0.123. The van der Waals surface area contributed by atoms with Crippen LogP contribution in [0.5, 0.6) is 0 Å². The van der Waals surface area contributed by atoms with E-state index >= 15 is 0 Å². The molecule has 0 radical (unpaired) electrons. The second kappa shape index (κ2) is 7.69. The van der Waals surface area contributed by atoms with Gasteiger partial charge in [0.05, 0.1) is 5.69 Å². The molecule has 27 heavy (non-hydrogen) atoms. The zero-order valence-electron chi connectivity index (χ0n) is 15.9. The first-order valence-electron chi connectivity index (χ1n) is 8.82. The Morgan fingerprint density at radius 3 is 2.78 bits per heavy atom. The Bertz CT molecular complexity index is 901. The highest BCUT2D eigenvalue weighted by Crippen LogP contribution is 2.25. The summed E-state index contributed by atoms with van der Waals surface area (Å²) in [6, 6.07) is 5.75. The third-order valence-corrected chi connectivity index (χ3v) is 4.19. The summed E-state index contributed by atoms with van der Waals surface area (Å²) in [7, 11) is 0. The van der Waals surface area contributed by atoms with E-state index in [-0.39, 0.29) is 42.9 Å². The summed E-state index contributed by atoms with van der Waals surface area (Å²) >= 11 is 0. The summed E-state index contributed by atoms with van der Waals surface area (Å²) in [5, 5.41) is 9.35. The van der Waals surface area contributed by atoms with Crippen LogP contribution in [0.1, 0.15) is 55.4 Å². The maximum atomic E-state index is 12.4. The lowest BCUT2D eigenvalue weighted by atomic mass is 10.1. The van der Waals surface area contributed by atoms with Crippen molar-refractivity contribution < 1.29 is 18.8 Å². The molecule has 1 aliphatic rings. The van der Waals surface area contributed by atoms with E-state index in [2.05, 4.69) is 15.2 Å². The molecule has 142 valence electrons. The molecule has 1 aromatic carbocycles. The maximum Gasteiger partial charge on any atom is 0.355 e. The SMILES string of the molecule is Cc1ccc(C)c(N2N=C(C(=O)OCc3nc(C(C)C)no3)CCC2=O)c1. The van der Waals surface area contributed by atoms with Crippen LogP contribution in [0.15, 0.2) is 27.8 Å². The van der Waals surface area contributed by atoms with Crippen LogP contribution in [-0.2, 0) is 20.9 Å². The number of carbonyl (C=O) groups is 2. The second-order valence-electron chi connectivity index (χ2n) is 6.82. The van der Waals surface area contributed by atoms with Crippen molar-refractivity contribution in [1.29, 1.82) is 0 Å². The number of carbonyl (C=O) groups excluding carboxylic acids is 2. The van der Waals surface area contributed by atoms with Crippen LogP contribution in [0.25, 0.3) is 0 Å². The summed E-state index contributed by atoms with van der Waals surface area (Å²) in [5.74, 6) is 0.160. The standard InChI is InChI=1S/C19H22N4O4/c1-11(2)18-20-16(27-22-18)10-26-19(25)14-7-8-17(24)23(21-14)15-9-12(3)5-6-13(15)4/h5-6,9,11H,7-8,10H2,1-4H3. The van der Waals surface area contributed by atoms with Gasteiger partial charge in [-0.3, -0.25) is 4.79 Å². The molecule has 0 fully saturated rings. The lowest BCUT2D eigenvalue weighted by Crippen LogP contribution is -2.35. The van der Waals surface area contributed by atoms with Gasteiger partial charge < -0.3 is 9.26 Å². The number of hydrazone groups is 1. The molecule has 0 bridgehead atoms. The lowest BCUT2D eigenvalue weighted by molar-refractivity contribution is -0.137. The topological polar surface area (TPSA) is 97.9 Å². The number of hydrogen-bond acceptors (Lipinski definition) is 7. The van der Waals surface area contributed by atoms with Gasteiger partial charge in [0.2, 0.25) is 5.91 Å². The number of anilines is 1. The molecule has 8 heteroatoms. The Morgan fingerprint density at radius 1 is 1.30 bits per heavy atom. The third kappa shape index (κ3) is 4.21. The minimum Gasteiger partial charge on any atom is -0.451 e. The summed E-state index contributed by atoms with van der Waals surface area (Å²) in [5.41, 5.74) is 2.77. The summed E-state index contributed by atoms with van der Waals surface area (Å²) in [6.45, 7) is 7.58. The molecule has 2 aromatic rings. The zero-order valence-corrected chi connectivity index (χ0v) is 15.9. The van der Waals surface area contributed by atoms with E-state index in [0.717, 1.165) is 11.1 Å². The van der Waals surface area contributed by atoms with Gasteiger partial charge in [0, 0.05) is 18.8 Å². The number of benzene rings is 1. The summed E-state index contributed by atoms with van der Waals surface area (Å²) < 4.78 is 10.3. The molecular weight excluding hydrogens is 348 g/mol. The quantitative estimate of drug-likeness (QED) is 0.750. The van der Waals surface area contributed by atoms with Gasteiger partial charge in [-0.15, -0.1) is 0 Å². The average molecular weight is 370 g/mol. The average Bonchev–Trinajstić information content (AvgIpc) is 3.12. The van der Waals surface area contributed by atoms with Crippen molar-refractivity contribution in [3.63, 3.8) is 0 Å². The van der Waals surface area contributed by atoms with Crippen molar-refractivity contribution in [2.24, 2.45) is 5.10 Å². The number of rotatable bonds is 5. The molecule has 2 heterocycles. The monoisotopic (exact) mass is 370 g/mol. The molecule has 1 aromatic heterocycles. The highest BCUT2D eigenvalue weighted by molar-refractivity contribution is 6.38. The molecule has 1 aliphatic heterocycles. The summed E-state index contributed by atoms with van der Waals surface area (Å²) in [4.78, 5) is 28.8.